The van der Waals surface area contributed by atoms with Crippen LogP contribution in [0.1, 0.15) is 29.5 Å². The molecule has 21 heavy (non-hydrogen) atoms. The number of hydrogen-bond donors (Lipinski definition) is 2. The summed E-state index contributed by atoms with van der Waals surface area (Å²) in [5.74, 6) is -1.35. The van der Waals surface area contributed by atoms with Gasteiger partial charge in [0.05, 0.1) is 5.69 Å². The molecule has 0 amide bonds. The number of aromatic nitrogens is 2. The molecule has 1 saturated heterocycles. The minimum absolute atomic E-state index is 0.224. The summed E-state index contributed by atoms with van der Waals surface area (Å²) >= 11 is 0. The lowest BCUT2D eigenvalue weighted by Crippen LogP contribution is -2.42. The van der Waals surface area contributed by atoms with Crippen molar-refractivity contribution in [1.29, 1.82) is 0 Å². The predicted octanol–water partition coefficient (Wildman–Crippen LogP) is 0.131. The normalized spacial score (nSPS) is 22.1. The van der Waals surface area contributed by atoms with E-state index in [0.717, 1.165) is 6.54 Å². The summed E-state index contributed by atoms with van der Waals surface area (Å²) in [6.45, 7) is 5.14. The number of hydrogen-bond acceptors (Lipinski definition) is 5. The van der Waals surface area contributed by atoms with Crippen molar-refractivity contribution < 1.29 is 18.3 Å². The third-order valence-electron chi connectivity index (χ3n) is 3.65. The molecule has 0 aliphatic carbocycles. The van der Waals surface area contributed by atoms with E-state index in [4.69, 9.17) is 5.11 Å². The van der Waals surface area contributed by atoms with Crippen LogP contribution in [0.2, 0.25) is 0 Å². The third kappa shape index (κ3) is 2.94. The summed E-state index contributed by atoms with van der Waals surface area (Å²) in [5.41, 5.74) is -0.200. The van der Waals surface area contributed by atoms with Crippen LogP contribution in [0.15, 0.2) is 4.90 Å². The van der Waals surface area contributed by atoms with Gasteiger partial charge in [-0.1, -0.05) is 0 Å². The van der Waals surface area contributed by atoms with Crippen molar-refractivity contribution in [1.82, 2.24) is 19.4 Å². The molecule has 1 unspecified atom stereocenters. The van der Waals surface area contributed by atoms with Crippen LogP contribution >= 0.6 is 0 Å². The van der Waals surface area contributed by atoms with Crippen LogP contribution in [0.4, 0.5) is 0 Å². The van der Waals surface area contributed by atoms with Gasteiger partial charge in [-0.25, -0.2) is 13.2 Å². The molecule has 2 heterocycles. The zero-order valence-electron chi connectivity index (χ0n) is 12.3. The Morgan fingerprint density at radius 2 is 2.10 bits per heavy atom. The largest absolute Gasteiger partial charge is 0.476 e. The quantitative estimate of drug-likeness (QED) is 0.821. The molecule has 0 saturated carbocycles. The highest BCUT2D eigenvalue weighted by atomic mass is 32.2. The summed E-state index contributed by atoms with van der Waals surface area (Å²) in [5, 5.41) is 15.2. The summed E-state index contributed by atoms with van der Waals surface area (Å²) in [7, 11) is -1.95. The van der Waals surface area contributed by atoms with Crippen LogP contribution in [-0.4, -0.2) is 71.6 Å². The van der Waals surface area contributed by atoms with E-state index in [1.165, 1.54) is 11.2 Å². The third-order valence-corrected chi connectivity index (χ3v) is 5.82. The average molecular weight is 316 g/mol. The minimum atomic E-state index is -3.89. The minimum Gasteiger partial charge on any atom is -0.476 e. The van der Waals surface area contributed by atoms with Crippen molar-refractivity contribution in [2.45, 2.75) is 31.2 Å². The van der Waals surface area contributed by atoms with E-state index in [2.05, 4.69) is 15.1 Å². The molecule has 1 aliphatic heterocycles. The van der Waals surface area contributed by atoms with E-state index in [9.17, 15) is 13.2 Å². The van der Waals surface area contributed by atoms with Crippen LogP contribution in [0.5, 0.6) is 0 Å². The van der Waals surface area contributed by atoms with Crippen molar-refractivity contribution in [3.05, 3.63) is 11.4 Å². The summed E-state index contributed by atoms with van der Waals surface area (Å²) < 4.78 is 27.1. The second kappa shape index (κ2) is 5.74. The van der Waals surface area contributed by atoms with Gasteiger partial charge in [-0.05, 0) is 33.9 Å². The number of H-pyrrole nitrogens is 1. The lowest BCUT2D eigenvalue weighted by Gasteiger charge is -2.27. The highest BCUT2D eigenvalue weighted by molar-refractivity contribution is 7.89. The average Bonchev–Trinajstić information content (AvgIpc) is 2.68. The van der Waals surface area contributed by atoms with Crippen LogP contribution in [0.3, 0.4) is 0 Å². The Balaban J connectivity index is 2.47. The molecule has 0 aromatic carbocycles. The molecule has 1 atom stereocenters. The highest BCUT2D eigenvalue weighted by Crippen LogP contribution is 2.25. The molecule has 0 bridgehead atoms. The molecule has 1 aromatic rings. The van der Waals surface area contributed by atoms with E-state index >= 15 is 0 Å². The molecular formula is C12H20N4O4S. The first-order valence-corrected chi connectivity index (χ1v) is 8.17. The van der Waals surface area contributed by atoms with Gasteiger partial charge in [-0.2, -0.15) is 9.40 Å². The topological polar surface area (TPSA) is 107 Å². The van der Waals surface area contributed by atoms with E-state index in [1.54, 1.807) is 0 Å². The highest BCUT2D eigenvalue weighted by Gasteiger charge is 2.36. The molecular weight excluding hydrogens is 296 g/mol. The van der Waals surface area contributed by atoms with E-state index in [-0.39, 0.29) is 16.6 Å². The molecule has 1 aliphatic rings. The van der Waals surface area contributed by atoms with Crippen LogP contribution < -0.4 is 0 Å². The second-order valence-corrected chi connectivity index (χ2v) is 7.24. The van der Waals surface area contributed by atoms with Crippen molar-refractivity contribution in [3.63, 3.8) is 0 Å². The number of likely N-dealkylation sites (N-methyl/N-ethyl adjacent to an activating group) is 1. The van der Waals surface area contributed by atoms with Gasteiger partial charge in [0.25, 0.3) is 0 Å². The maximum absolute atomic E-state index is 12.8. The lowest BCUT2D eigenvalue weighted by molar-refractivity contribution is 0.0686. The monoisotopic (exact) mass is 316 g/mol. The van der Waals surface area contributed by atoms with Gasteiger partial charge >= 0.3 is 5.97 Å². The summed E-state index contributed by atoms with van der Waals surface area (Å²) in [4.78, 5) is 13.0. The van der Waals surface area contributed by atoms with Crippen molar-refractivity contribution in [2.24, 2.45) is 0 Å². The summed E-state index contributed by atoms with van der Waals surface area (Å²) in [6.07, 6.45) is 0.708. The number of rotatable bonds is 3. The predicted molar refractivity (Wildman–Crippen MR) is 75.8 cm³/mol. The molecule has 0 radical (unpaired) electrons. The zero-order chi connectivity index (χ0) is 15.8. The van der Waals surface area contributed by atoms with Crippen LogP contribution in [0, 0.1) is 6.92 Å². The number of aromatic carboxylic acids is 1. The number of carbonyl (C=O) groups is 1. The summed E-state index contributed by atoms with van der Waals surface area (Å²) in [6, 6.07) is -0.224. The fourth-order valence-electron chi connectivity index (χ4n) is 2.70. The first kappa shape index (κ1) is 15.9. The number of nitrogens with one attached hydrogen (secondary N) is 1. The Morgan fingerprint density at radius 3 is 2.71 bits per heavy atom. The molecule has 9 heteroatoms. The Labute approximate surface area is 123 Å². The smallest absolute Gasteiger partial charge is 0.357 e. The fourth-order valence-corrected chi connectivity index (χ4v) is 4.66. The zero-order valence-corrected chi connectivity index (χ0v) is 13.1. The van der Waals surface area contributed by atoms with Gasteiger partial charge in [0, 0.05) is 19.1 Å². The molecule has 118 valence electrons. The van der Waals surface area contributed by atoms with E-state index in [0.29, 0.717) is 19.5 Å². The first-order chi connectivity index (χ1) is 9.75. The standard InChI is InChI=1S/C12H20N4O4S/c1-8-7-15(3)5-4-6-16(8)21(19,20)11-9(2)13-14-10(11)12(17)18/h8H,4-7H2,1-3H3,(H,13,14)(H,17,18). The lowest BCUT2D eigenvalue weighted by atomic mass is 10.3. The maximum Gasteiger partial charge on any atom is 0.357 e. The van der Waals surface area contributed by atoms with Crippen LogP contribution in [0.25, 0.3) is 0 Å². The maximum atomic E-state index is 12.8. The Morgan fingerprint density at radius 1 is 1.43 bits per heavy atom. The van der Waals surface area contributed by atoms with Crippen molar-refractivity contribution in [3.8, 4) is 0 Å². The molecule has 2 N–H and O–H groups in total. The van der Waals surface area contributed by atoms with Crippen LogP contribution in [-0.2, 0) is 10.0 Å². The SMILES string of the molecule is Cc1[nH]nc(C(=O)O)c1S(=O)(=O)N1CCCN(C)CC1C. The van der Waals surface area contributed by atoms with Crippen molar-refractivity contribution >= 4 is 16.0 Å². The molecule has 8 nitrogen and oxygen atoms in total. The number of aromatic amines is 1. The fraction of sp³-hybridized carbons (Fsp3) is 0.667. The van der Waals surface area contributed by atoms with E-state index in [1.807, 2.05) is 14.0 Å². The Hall–Kier alpha value is -1.45. The van der Waals surface area contributed by atoms with Gasteiger partial charge in [-0.3, -0.25) is 5.10 Å². The number of nitrogens with zero attached hydrogens (tertiary/aromatic N) is 3. The Bertz CT molecular complexity index is 640. The number of aryl methyl sites for hydroxylation is 1. The van der Waals surface area contributed by atoms with E-state index < -0.39 is 21.7 Å². The van der Waals surface area contributed by atoms with Crippen molar-refractivity contribution in [2.75, 3.05) is 26.7 Å². The van der Waals surface area contributed by atoms with Gasteiger partial charge < -0.3 is 10.0 Å². The number of sulfonamides is 1. The van der Waals surface area contributed by atoms with Gasteiger partial charge in [0.15, 0.2) is 5.69 Å². The van der Waals surface area contributed by atoms with Gasteiger partial charge in [0.1, 0.15) is 4.90 Å². The molecule has 1 aromatic heterocycles. The molecule has 1 fully saturated rings. The Kier molecular flexibility index (Phi) is 4.35. The van der Waals surface area contributed by atoms with Gasteiger partial charge in [0.2, 0.25) is 10.0 Å². The number of carboxylic acid groups (broad SMARTS) is 1. The van der Waals surface area contributed by atoms with Gasteiger partial charge in [-0.15, -0.1) is 0 Å². The molecule has 0 spiro atoms. The second-order valence-electron chi connectivity index (χ2n) is 5.41. The number of carboxylic acids is 1. The first-order valence-electron chi connectivity index (χ1n) is 6.73. The molecule has 2 rings (SSSR count).